The minimum atomic E-state index is -0.0992. The predicted molar refractivity (Wildman–Crippen MR) is 66.5 cm³/mol. The maximum Gasteiger partial charge on any atom is 0.239 e. The number of nitrogens with one attached hydrogen (secondary N) is 2. The molecule has 1 atom stereocenters. The molecule has 0 aliphatic carbocycles. The molecule has 1 heterocycles. The Morgan fingerprint density at radius 1 is 1.47 bits per heavy atom. The largest absolute Gasteiger partial charge is 0.354 e. The van der Waals surface area contributed by atoms with Crippen LogP contribution in [0.5, 0.6) is 0 Å². The van der Waals surface area contributed by atoms with E-state index in [0.717, 1.165) is 19.4 Å². The van der Waals surface area contributed by atoms with Crippen LogP contribution in [0.4, 0.5) is 0 Å². The first-order chi connectivity index (χ1) is 8.00. The van der Waals surface area contributed by atoms with Gasteiger partial charge in [-0.05, 0) is 25.3 Å². The average Bonchev–Trinajstić information content (AvgIpc) is 2.78. The van der Waals surface area contributed by atoms with E-state index in [0.29, 0.717) is 12.5 Å². The summed E-state index contributed by atoms with van der Waals surface area (Å²) in [4.78, 5) is 25.0. The van der Waals surface area contributed by atoms with E-state index < -0.39 is 0 Å². The van der Waals surface area contributed by atoms with Crippen LogP contribution in [0, 0.1) is 5.92 Å². The van der Waals surface area contributed by atoms with Crippen LogP contribution < -0.4 is 10.6 Å². The molecule has 0 aromatic heterocycles. The van der Waals surface area contributed by atoms with Crippen LogP contribution in [0.15, 0.2) is 0 Å². The molecule has 98 valence electrons. The zero-order valence-electron chi connectivity index (χ0n) is 11.0. The minimum Gasteiger partial charge on any atom is -0.354 e. The van der Waals surface area contributed by atoms with Gasteiger partial charge in [0.15, 0.2) is 0 Å². The van der Waals surface area contributed by atoms with Crippen molar-refractivity contribution in [3.63, 3.8) is 0 Å². The third kappa shape index (κ3) is 4.73. The van der Waals surface area contributed by atoms with Crippen LogP contribution in [-0.2, 0) is 9.59 Å². The zero-order valence-corrected chi connectivity index (χ0v) is 11.0. The van der Waals surface area contributed by atoms with E-state index in [1.54, 1.807) is 7.05 Å². The average molecular weight is 241 g/mol. The molecule has 0 saturated carbocycles. The molecule has 0 bridgehead atoms. The van der Waals surface area contributed by atoms with E-state index in [-0.39, 0.29) is 24.4 Å². The SMILES string of the molecule is CC(C)CNC(=O)CN(C)C(=O)[C@H]1CCCN1. The lowest BCUT2D eigenvalue weighted by molar-refractivity contribution is -0.136. The standard InChI is InChI=1S/C12H23N3O2/c1-9(2)7-14-11(16)8-15(3)12(17)10-5-4-6-13-10/h9-10,13H,4-8H2,1-3H3,(H,14,16)/t10-/m1/s1. The van der Waals surface area contributed by atoms with Gasteiger partial charge in [-0.3, -0.25) is 9.59 Å². The third-order valence-corrected chi connectivity index (χ3v) is 2.82. The van der Waals surface area contributed by atoms with E-state index in [2.05, 4.69) is 10.6 Å². The minimum absolute atomic E-state index is 0.0159. The summed E-state index contributed by atoms with van der Waals surface area (Å²) in [6.45, 7) is 5.77. The van der Waals surface area contributed by atoms with Gasteiger partial charge in [-0.25, -0.2) is 0 Å². The third-order valence-electron chi connectivity index (χ3n) is 2.82. The summed E-state index contributed by atoms with van der Waals surface area (Å²) in [7, 11) is 1.68. The van der Waals surface area contributed by atoms with Crippen molar-refractivity contribution < 1.29 is 9.59 Å². The Balaban J connectivity index is 2.29. The van der Waals surface area contributed by atoms with Crippen molar-refractivity contribution in [3.05, 3.63) is 0 Å². The van der Waals surface area contributed by atoms with Gasteiger partial charge < -0.3 is 15.5 Å². The Morgan fingerprint density at radius 3 is 2.71 bits per heavy atom. The highest BCUT2D eigenvalue weighted by Crippen LogP contribution is 2.07. The number of nitrogens with zero attached hydrogens (tertiary/aromatic N) is 1. The van der Waals surface area contributed by atoms with Gasteiger partial charge in [-0.1, -0.05) is 13.8 Å². The Hall–Kier alpha value is -1.10. The van der Waals surface area contributed by atoms with Gasteiger partial charge in [-0.15, -0.1) is 0 Å². The maximum absolute atomic E-state index is 11.9. The maximum atomic E-state index is 11.9. The predicted octanol–water partition coefficient (Wildman–Crippen LogP) is -0.0310. The molecule has 1 aliphatic rings. The summed E-state index contributed by atoms with van der Waals surface area (Å²) in [5.41, 5.74) is 0. The molecule has 1 rings (SSSR count). The highest BCUT2D eigenvalue weighted by atomic mass is 16.2. The van der Waals surface area contributed by atoms with Gasteiger partial charge in [0.25, 0.3) is 0 Å². The van der Waals surface area contributed by atoms with E-state index in [9.17, 15) is 9.59 Å². The summed E-state index contributed by atoms with van der Waals surface area (Å²) < 4.78 is 0. The molecule has 1 fully saturated rings. The molecule has 5 nitrogen and oxygen atoms in total. The summed E-state index contributed by atoms with van der Waals surface area (Å²) in [6, 6.07) is -0.0992. The lowest BCUT2D eigenvalue weighted by Gasteiger charge is -2.20. The lowest BCUT2D eigenvalue weighted by atomic mass is 10.2. The molecule has 1 aliphatic heterocycles. The first-order valence-electron chi connectivity index (χ1n) is 6.25. The molecule has 1 saturated heterocycles. The van der Waals surface area contributed by atoms with Crippen LogP contribution in [-0.4, -0.2) is 49.4 Å². The number of carbonyl (C=O) groups excluding carboxylic acids is 2. The number of rotatable bonds is 5. The van der Waals surface area contributed by atoms with Crippen molar-refractivity contribution in [1.82, 2.24) is 15.5 Å². The van der Waals surface area contributed by atoms with Crippen LogP contribution in [0.25, 0.3) is 0 Å². The van der Waals surface area contributed by atoms with Crippen LogP contribution in [0.3, 0.4) is 0 Å². The summed E-state index contributed by atoms with van der Waals surface area (Å²) in [5, 5.41) is 5.94. The fourth-order valence-corrected chi connectivity index (χ4v) is 1.83. The monoisotopic (exact) mass is 241 g/mol. The van der Waals surface area contributed by atoms with Crippen molar-refractivity contribution in [3.8, 4) is 0 Å². The first kappa shape index (κ1) is 14.0. The number of hydrogen-bond donors (Lipinski definition) is 2. The summed E-state index contributed by atoms with van der Waals surface area (Å²) >= 11 is 0. The summed E-state index contributed by atoms with van der Waals surface area (Å²) in [6.07, 6.45) is 1.90. The van der Waals surface area contributed by atoms with Gasteiger partial charge in [0.2, 0.25) is 11.8 Å². The molecule has 0 radical (unpaired) electrons. The smallest absolute Gasteiger partial charge is 0.239 e. The number of amides is 2. The van der Waals surface area contributed by atoms with E-state index in [4.69, 9.17) is 0 Å². The van der Waals surface area contributed by atoms with Crippen molar-refractivity contribution in [2.24, 2.45) is 5.92 Å². The molecular formula is C12H23N3O2. The van der Waals surface area contributed by atoms with E-state index >= 15 is 0 Å². The van der Waals surface area contributed by atoms with Gasteiger partial charge in [0.05, 0.1) is 12.6 Å². The summed E-state index contributed by atoms with van der Waals surface area (Å²) in [5.74, 6) is 0.353. The quantitative estimate of drug-likeness (QED) is 0.710. The number of hydrogen-bond acceptors (Lipinski definition) is 3. The number of likely N-dealkylation sites (N-methyl/N-ethyl adjacent to an activating group) is 1. The van der Waals surface area contributed by atoms with E-state index in [1.165, 1.54) is 4.90 Å². The molecule has 0 unspecified atom stereocenters. The van der Waals surface area contributed by atoms with Gasteiger partial charge >= 0.3 is 0 Å². The first-order valence-corrected chi connectivity index (χ1v) is 6.25. The fraction of sp³-hybridized carbons (Fsp3) is 0.833. The second-order valence-corrected chi connectivity index (χ2v) is 5.04. The van der Waals surface area contributed by atoms with Gasteiger partial charge in [-0.2, -0.15) is 0 Å². The van der Waals surface area contributed by atoms with Crippen molar-refractivity contribution in [2.75, 3.05) is 26.7 Å². The highest BCUT2D eigenvalue weighted by Gasteiger charge is 2.25. The molecule has 17 heavy (non-hydrogen) atoms. The molecule has 0 spiro atoms. The number of carbonyl (C=O) groups is 2. The lowest BCUT2D eigenvalue weighted by Crippen LogP contribution is -2.46. The van der Waals surface area contributed by atoms with Gasteiger partial charge in [0.1, 0.15) is 0 Å². The van der Waals surface area contributed by atoms with Crippen molar-refractivity contribution in [1.29, 1.82) is 0 Å². The Bertz CT molecular complexity index is 273. The Labute approximate surface area is 103 Å². The molecule has 2 N–H and O–H groups in total. The normalized spacial score (nSPS) is 19.4. The molecule has 0 aromatic carbocycles. The fourth-order valence-electron chi connectivity index (χ4n) is 1.83. The second kappa shape index (κ2) is 6.59. The highest BCUT2D eigenvalue weighted by molar-refractivity contribution is 5.87. The topological polar surface area (TPSA) is 61.4 Å². The zero-order chi connectivity index (χ0) is 12.8. The molecular weight excluding hydrogens is 218 g/mol. The molecule has 5 heteroatoms. The van der Waals surface area contributed by atoms with Crippen LogP contribution in [0.2, 0.25) is 0 Å². The Morgan fingerprint density at radius 2 is 2.18 bits per heavy atom. The van der Waals surface area contributed by atoms with Crippen molar-refractivity contribution in [2.45, 2.75) is 32.7 Å². The van der Waals surface area contributed by atoms with E-state index in [1.807, 2.05) is 13.8 Å². The van der Waals surface area contributed by atoms with Crippen LogP contribution >= 0.6 is 0 Å². The molecule has 0 aromatic rings. The Kier molecular flexibility index (Phi) is 5.41. The second-order valence-electron chi connectivity index (χ2n) is 5.04. The van der Waals surface area contributed by atoms with Crippen molar-refractivity contribution >= 4 is 11.8 Å². The van der Waals surface area contributed by atoms with Crippen LogP contribution in [0.1, 0.15) is 26.7 Å². The molecule has 2 amide bonds. The van der Waals surface area contributed by atoms with Gasteiger partial charge in [0, 0.05) is 13.6 Å².